The molecular weight excluding hydrogens is 322 g/mol. The molecule has 0 saturated carbocycles. The van der Waals surface area contributed by atoms with Crippen LogP contribution in [0.4, 0.5) is 5.69 Å². The molecule has 1 aromatic rings. The summed E-state index contributed by atoms with van der Waals surface area (Å²) in [6, 6.07) is 6.65. The van der Waals surface area contributed by atoms with Crippen molar-refractivity contribution in [2.24, 2.45) is 0 Å². The first-order chi connectivity index (χ1) is 10.5. The fraction of sp³-hybridized carbons (Fsp3) is 0.286. The lowest BCUT2D eigenvalue weighted by Crippen LogP contribution is -2.37. The highest BCUT2D eigenvalue weighted by atomic mass is 32.2. The number of thioether (sulfide) groups is 1. The van der Waals surface area contributed by atoms with Gasteiger partial charge < -0.3 is 10.6 Å². The van der Waals surface area contributed by atoms with Crippen molar-refractivity contribution in [3.8, 4) is 0 Å². The average Bonchev–Trinajstić information content (AvgIpc) is 2.78. The van der Waals surface area contributed by atoms with E-state index in [1.165, 1.54) is 23.6 Å². The van der Waals surface area contributed by atoms with Gasteiger partial charge in [-0.3, -0.25) is 19.3 Å². The maximum Gasteiger partial charge on any atom is 0.251 e. The second-order valence-electron chi connectivity index (χ2n) is 4.62. The molecule has 2 rings (SSSR count). The smallest absolute Gasteiger partial charge is 0.251 e. The molecule has 1 heterocycles. The van der Waals surface area contributed by atoms with Crippen LogP contribution in [-0.2, 0) is 9.59 Å². The van der Waals surface area contributed by atoms with Gasteiger partial charge in [-0.1, -0.05) is 30.0 Å². The van der Waals surface area contributed by atoms with Gasteiger partial charge in [0.15, 0.2) is 0 Å². The van der Waals surface area contributed by atoms with Crippen LogP contribution >= 0.6 is 24.0 Å². The minimum atomic E-state index is -0.266. The Hall–Kier alpha value is -1.93. The summed E-state index contributed by atoms with van der Waals surface area (Å²) in [5.41, 5.74) is 1.00. The lowest BCUT2D eigenvalue weighted by atomic mass is 10.2. The third-order valence-corrected chi connectivity index (χ3v) is 4.34. The first-order valence-electron chi connectivity index (χ1n) is 6.60. The molecule has 0 aromatic heterocycles. The summed E-state index contributed by atoms with van der Waals surface area (Å²) in [4.78, 5) is 36.1. The normalized spacial score (nSPS) is 14.1. The van der Waals surface area contributed by atoms with E-state index in [1.807, 2.05) is 0 Å². The molecule has 1 saturated heterocycles. The standard InChI is InChI=1S/C14H15N3O3S2/c1-9(18)16-11-4-2-3-10(7-11)13(20)15-5-6-17-12(19)8-22-14(17)21/h2-4,7H,5-6,8H2,1H3,(H,15,20)(H,16,18). The molecule has 1 aromatic carbocycles. The molecule has 0 radical (unpaired) electrons. The number of nitrogens with one attached hydrogen (secondary N) is 2. The summed E-state index contributed by atoms with van der Waals surface area (Å²) in [5, 5.41) is 5.35. The number of hydrogen-bond donors (Lipinski definition) is 2. The van der Waals surface area contributed by atoms with Crippen LogP contribution in [0.15, 0.2) is 24.3 Å². The zero-order chi connectivity index (χ0) is 16.1. The maximum atomic E-state index is 12.1. The summed E-state index contributed by atoms with van der Waals surface area (Å²) in [6.45, 7) is 2.08. The fourth-order valence-corrected chi connectivity index (χ4v) is 3.04. The lowest BCUT2D eigenvalue weighted by Gasteiger charge is -2.15. The van der Waals surface area contributed by atoms with E-state index in [2.05, 4.69) is 10.6 Å². The van der Waals surface area contributed by atoms with Gasteiger partial charge in [-0.2, -0.15) is 0 Å². The predicted molar refractivity (Wildman–Crippen MR) is 89.8 cm³/mol. The lowest BCUT2D eigenvalue weighted by molar-refractivity contribution is -0.124. The van der Waals surface area contributed by atoms with Gasteiger partial charge in [0, 0.05) is 31.3 Å². The van der Waals surface area contributed by atoms with E-state index in [0.717, 1.165) is 0 Å². The SMILES string of the molecule is CC(=O)Nc1cccc(C(=O)NCCN2C(=O)CSC2=S)c1. The van der Waals surface area contributed by atoms with Gasteiger partial charge in [-0.15, -0.1) is 0 Å². The molecule has 1 aliphatic heterocycles. The van der Waals surface area contributed by atoms with E-state index in [-0.39, 0.29) is 17.7 Å². The Morgan fingerprint density at radius 2 is 2.18 bits per heavy atom. The van der Waals surface area contributed by atoms with Crippen LogP contribution < -0.4 is 10.6 Å². The number of benzene rings is 1. The Balaban J connectivity index is 1.88. The summed E-state index contributed by atoms with van der Waals surface area (Å²) in [6.07, 6.45) is 0. The van der Waals surface area contributed by atoms with E-state index in [1.54, 1.807) is 24.3 Å². The van der Waals surface area contributed by atoms with Gasteiger partial charge in [-0.05, 0) is 18.2 Å². The quantitative estimate of drug-likeness (QED) is 0.790. The van der Waals surface area contributed by atoms with Gasteiger partial charge in [0.05, 0.1) is 5.75 Å². The highest BCUT2D eigenvalue weighted by Crippen LogP contribution is 2.18. The molecule has 0 unspecified atom stereocenters. The second kappa shape index (κ2) is 7.37. The van der Waals surface area contributed by atoms with Crippen molar-refractivity contribution < 1.29 is 14.4 Å². The molecule has 0 bridgehead atoms. The van der Waals surface area contributed by atoms with Crippen molar-refractivity contribution in [2.75, 3.05) is 24.2 Å². The molecule has 22 heavy (non-hydrogen) atoms. The molecule has 6 nitrogen and oxygen atoms in total. The zero-order valence-corrected chi connectivity index (χ0v) is 13.6. The largest absolute Gasteiger partial charge is 0.350 e. The Bertz CT molecular complexity index is 618. The molecule has 0 atom stereocenters. The van der Waals surface area contributed by atoms with Crippen molar-refractivity contribution in [1.82, 2.24) is 10.2 Å². The van der Waals surface area contributed by atoms with Crippen LogP contribution in [0.5, 0.6) is 0 Å². The number of thiocarbonyl (C=S) groups is 1. The highest BCUT2D eigenvalue weighted by Gasteiger charge is 2.25. The van der Waals surface area contributed by atoms with Gasteiger partial charge in [0.1, 0.15) is 4.32 Å². The van der Waals surface area contributed by atoms with E-state index >= 15 is 0 Å². The Kier molecular flexibility index (Phi) is 5.51. The number of nitrogens with zero attached hydrogens (tertiary/aromatic N) is 1. The molecule has 0 aliphatic carbocycles. The number of carbonyl (C=O) groups excluding carboxylic acids is 3. The molecule has 1 aliphatic rings. The van der Waals surface area contributed by atoms with Gasteiger partial charge in [0.25, 0.3) is 5.91 Å². The summed E-state index contributed by atoms with van der Waals surface area (Å²) >= 11 is 6.39. The summed E-state index contributed by atoms with van der Waals surface area (Å²) < 4.78 is 0.548. The van der Waals surface area contributed by atoms with Crippen molar-refractivity contribution in [2.45, 2.75) is 6.92 Å². The van der Waals surface area contributed by atoms with Crippen LogP contribution in [0, 0.1) is 0 Å². The van der Waals surface area contributed by atoms with Crippen LogP contribution in [0.25, 0.3) is 0 Å². The molecule has 3 amide bonds. The van der Waals surface area contributed by atoms with E-state index in [4.69, 9.17) is 12.2 Å². The number of hydrogen-bond acceptors (Lipinski definition) is 5. The predicted octanol–water partition coefficient (Wildman–Crippen LogP) is 1.24. The van der Waals surface area contributed by atoms with Gasteiger partial charge in [-0.25, -0.2) is 0 Å². The Morgan fingerprint density at radius 1 is 1.41 bits per heavy atom. The van der Waals surface area contributed by atoms with Crippen LogP contribution in [0.3, 0.4) is 0 Å². The second-order valence-corrected chi connectivity index (χ2v) is 6.23. The molecule has 116 valence electrons. The van der Waals surface area contributed by atoms with E-state index in [9.17, 15) is 14.4 Å². The number of carbonyl (C=O) groups is 3. The van der Waals surface area contributed by atoms with Crippen molar-refractivity contribution in [3.05, 3.63) is 29.8 Å². The Morgan fingerprint density at radius 3 is 2.82 bits per heavy atom. The summed E-state index contributed by atoms with van der Waals surface area (Å²) in [5.74, 6) is -0.128. The van der Waals surface area contributed by atoms with Crippen molar-refractivity contribution >= 4 is 51.7 Å². The topological polar surface area (TPSA) is 78.5 Å². The Labute approximate surface area is 137 Å². The molecule has 0 spiro atoms. The summed E-state index contributed by atoms with van der Waals surface area (Å²) in [7, 11) is 0. The average molecular weight is 337 g/mol. The van der Waals surface area contributed by atoms with Crippen molar-refractivity contribution in [1.29, 1.82) is 0 Å². The fourth-order valence-electron chi connectivity index (χ4n) is 1.92. The highest BCUT2D eigenvalue weighted by molar-refractivity contribution is 8.23. The van der Waals surface area contributed by atoms with E-state index < -0.39 is 0 Å². The van der Waals surface area contributed by atoms with Crippen LogP contribution in [0.1, 0.15) is 17.3 Å². The number of amides is 3. The number of rotatable bonds is 5. The number of anilines is 1. The third kappa shape index (κ3) is 4.28. The van der Waals surface area contributed by atoms with Crippen molar-refractivity contribution in [3.63, 3.8) is 0 Å². The third-order valence-electron chi connectivity index (χ3n) is 2.91. The maximum absolute atomic E-state index is 12.1. The van der Waals surface area contributed by atoms with Gasteiger partial charge >= 0.3 is 0 Å². The first-order valence-corrected chi connectivity index (χ1v) is 8.00. The molecule has 8 heteroatoms. The first kappa shape index (κ1) is 16.4. The molecule has 2 N–H and O–H groups in total. The molecule has 1 fully saturated rings. The van der Waals surface area contributed by atoms with Gasteiger partial charge in [0.2, 0.25) is 11.8 Å². The van der Waals surface area contributed by atoms with Crippen LogP contribution in [-0.4, -0.2) is 45.8 Å². The minimum absolute atomic E-state index is 0.0306. The van der Waals surface area contributed by atoms with E-state index in [0.29, 0.717) is 34.4 Å². The monoisotopic (exact) mass is 337 g/mol. The molecular formula is C14H15N3O3S2. The zero-order valence-electron chi connectivity index (χ0n) is 11.9. The van der Waals surface area contributed by atoms with Crippen LogP contribution in [0.2, 0.25) is 0 Å². The minimum Gasteiger partial charge on any atom is -0.350 e.